The number of Topliss-reactive ketones (excluding diaryl/α,β-unsaturated/α-hetero) is 1. The monoisotopic (exact) mass is 301 g/mol. The third kappa shape index (κ3) is 4.19. The first-order valence-electron chi connectivity index (χ1n) is 8.48. The van der Waals surface area contributed by atoms with Crippen LogP contribution in [0.3, 0.4) is 0 Å². The van der Waals surface area contributed by atoms with Crippen LogP contribution in [0, 0.1) is 0 Å². The van der Waals surface area contributed by atoms with Gasteiger partial charge in [0.25, 0.3) is 0 Å². The molecule has 1 fully saturated rings. The second-order valence-electron chi connectivity index (χ2n) is 8.71. The second-order valence-corrected chi connectivity index (χ2v) is 8.71. The van der Waals surface area contributed by atoms with Crippen molar-refractivity contribution in [2.45, 2.75) is 77.7 Å². The maximum Gasteiger partial charge on any atom is 0.154 e. The van der Waals surface area contributed by atoms with Gasteiger partial charge in [-0.15, -0.1) is 0 Å². The molecule has 1 heterocycles. The molecule has 1 atom stereocenters. The lowest BCUT2D eigenvalue weighted by atomic mass is 9.79. The van der Waals surface area contributed by atoms with Crippen molar-refractivity contribution in [2.75, 3.05) is 6.54 Å². The zero-order valence-electron chi connectivity index (χ0n) is 15.0. The molecule has 0 spiro atoms. The van der Waals surface area contributed by atoms with Gasteiger partial charge in [0.05, 0.1) is 6.04 Å². The van der Waals surface area contributed by atoms with Crippen LogP contribution in [0.15, 0.2) is 18.2 Å². The van der Waals surface area contributed by atoms with Crippen molar-refractivity contribution in [2.24, 2.45) is 0 Å². The lowest BCUT2D eigenvalue weighted by Crippen LogP contribution is -2.32. The minimum absolute atomic E-state index is 0.0661. The van der Waals surface area contributed by atoms with Gasteiger partial charge in [0.1, 0.15) is 0 Å². The maximum atomic E-state index is 12.5. The van der Waals surface area contributed by atoms with E-state index >= 15 is 0 Å². The van der Waals surface area contributed by atoms with Gasteiger partial charge in [-0.25, -0.2) is 0 Å². The smallest absolute Gasteiger partial charge is 0.154 e. The van der Waals surface area contributed by atoms with Crippen molar-refractivity contribution >= 4 is 5.78 Å². The van der Waals surface area contributed by atoms with Gasteiger partial charge < -0.3 is 5.32 Å². The highest BCUT2D eigenvalue weighted by atomic mass is 16.1. The van der Waals surface area contributed by atoms with Crippen molar-refractivity contribution in [1.82, 2.24) is 5.32 Å². The molecular weight excluding hydrogens is 270 g/mol. The number of carbonyl (C=O) groups excluding carboxylic acids is 1. The molecule has 2 nitrogen and oxygen atoms in total. The van der Waals surface area contributed by atoms with Crippen LogP contribution in [0.5, 0.6) is 0 Å². The fourth-order valence-corrected chi connectivity index (χ4v) is 2.94. The molecule has 1 saturated heterocycles. The van der Waals surface area contributed by atoms with Crippen LogP contribution in [-0.4, -0.2) is 18.4 Å². The van der Waals surface area contributed by atoms with E-state index in [0.717, 1.165) is 24.9 Å². The predicted octanol–water partition coefficient (Wildman–Crippen LogP) is 4.15. The number of nitrogens with one attached hydrogen (secondary N) is 1. The quantitative estimate of drug-likeness (QED) is 0.909. The molecule has 22 heavy (non-hydrogen) atoms. The molecule has 1 aliphatic rings. The van der Waals surface area contributed by atoms with Crippen molar-refractivity contribution in [3.63, 3.8) is 0 Å². The summed E-state index contributed by atoms with van der Waals surface area (Å²) >= 11 is 0. The van der Waals surface area contributed by atoms with Gasteiger partial charge in [0.15, 0.2) is 5.78 Å². The normalized spacial score (nSPS) is 19.5. The van der Waals surface area contributed by atoms with Gasteiger partial charge >= 0.3 is 0 Å². The summed E-state index contributed by atoms with van der Waals surface area (Å²) in [6.07, 6.45) is 2.65. The molecule has 0 aromatic heterocycles. The molecule has 122 valence electrons. The van der Waals surface area contributed by atoms with Gasteiger partial charge in [0, 0.05) is 6.42 Å². The van der Waals surface area contributed by atoms with Crippen molar-refractivity contribution in [3.05, 3.63) is 34.9 Å². The first-order chi connectivity index (χ1) is 10.1. The molecule has 2 rings (SSSR count). The Morgan fingerprint density at radius 2 is 1.59 bits per heavy atom. The maximum absolute atomic E-state index is 12.5. The Morgan fingerprint density at radius 3 is 2.00 bits per heavy atom. The molecule has 0 unspecified atom stereocenters. The van der Waals surface area contributed by atoms with E-state index in [-0.39, 0.29) is 16.9 Å². The fourth-order valence-electron chi connectivity index (χ4n) is 2.94. The molecular formula is C20H31NO. The Balaban J connectivity index is 2.31. The second kappa shape index (κ2) is 6.16. The largest absolute Gasteiger partial charge is 0.307 e. The number of hydrogen-bond donors (Lipinski definition) is 1. The standard InChI is InChI=1S/C20H31NO/c1-19(2,3)15-10-14(11-16(13-15)20(4,5)6)12-18(22)17-8-7-9-21-17/h10-11,13,17,21H,7-9,12H2,1-6H3/t17-/m0/s1. The van der Waals surface area contributed by atoms with Crippen molar-refractivity contribution in [1.29, 1.82) is 0 Å². The molecule has 0 saturated carbocycles. The Bertz CT molecular complexity index is 508. The molecule has 1 aromatic carbocycles. The highest BCUT2D eigenvalue weighted by molar-refractivity contribution is 5.86. The SMILES string of the molecule is CC(C)(C)c1cc(CC(=O)[C@@H]2CCCN2)cc(C(C)(C)C)c1. The molecule has 1 N–H and O–H groups in total. The van der Waals surface area contributed by atoms with Crippen LogP contribution in [0.25, 0.3) is 0 Å². The van der Waals surface area contributed by atoms with Crippen LogP contribution in [0.1, 0.15) is 71.1 Å². The van der Waals surface area contributed by atoms with E-state index in [1.807, 2.05) is 0 Å². The Kier molecular flexibility index (Phi) is 4.81. The van der Waals surface area contributed by atoms with E-state index in [4.69, 9.17) is 0 Å². The summed E-state index contributed by atoms with van der Waals surface area (Å²) in [6.45, 7) is 14.4. The Labute approximate surface area is 135 Å². The van der Waals surface area contributed by atoms with E-state index in [1.54, 1.807) is 0 Å². The van der Waals surface area contributed by atoms with E-state index in [9.17, 15) is 4.79 Å². The third-order valence-corrected chi connectivity index (χ3v) is 4.55. The molecule has 0 bridgehead atoms. The molecule has 0 aliphatic carbocycles. The summed E-state index contributed by atoms with van der Waals surface area (Å²) < 4.78 is 0. The number of hydrogen-bond acceptors (Lipinski definition) is 2. The van der Waals surface area contributed by atoms with Crippen LogP contribution in [0.2, 0.25) is 0 Å². The summed E-state index contributed by atoms with van der Waals surface area (Å²) in [6, 6.07) is 6.82. The zero-order valence-corrected chi connectivity index (χ0v) is 15.0. The van der Waals surface area contributed by atoms with Crippen molar-refractivity contribution < 1.29 is 4.79 Å². The van der Waals surface area contributed by atoms with E-state index in [1.165, 1.54) is 11.1 Å². The summed E-state index contributed by atoms with van der Waals surface area (Å²) in [7, 11) is 0. The average Bonchev–Trinajstić information content (AvgIpc) is 2.90. The predicted molar refractivity (Wildman–Crippen MR) is 93.6 cm³/mol. The summed E-state index contributed by atoms with van der Waals surface area (Å²) in [5, 5.41) is 3.32. The topological polar surface area (TPSA) is 29.1 Å². The average molecular weight is 301 g/mol. The van der Waals surface area contributed by atoms with Gasteiger partial charge in [0.2, 0.25) is 0 Å². The number of ketones is 1. The van der Waals surface area contributed by atoms with Crippen LogP contribution in [-0.2, 0) is 22.0 Å². The lowest BCUT2D eigenvalue weighted by Gasteiger charge is -2.26. The minimum Gasteiger partial charge on any atom is -0.307 e. The number of rotatable bonds is 3. The molecule has 2 heteroatoms. The van der Waals surface area contributed by atoms with Gasteiger partial charge in [-0.05, 0) is 46.9 Å². The van der Waals surface area contributed by atoms with Crippen molar-refractivity contribution in [3.8, 4) is 0 Å². The number of benzene rings is 1. The third-order valence-electron chi connectivity index (χ3n) is 4.55. The minimum atomic E-state index is 0.0661. The molecule has 1 aromatic rings. The summed E-state index contributed by atoms with van der Waals surface area (Å²) in [5.41, 5.74) is 4.01. The first kappa shape index (κ1) is 17.2. The van der Waals surface area contributed by atoms with E-state index in [0.29, 0.717) is 12.2 Å². The highest BCUT2D eigenvalue weighted by Crippen LogP contribution is 2.30. The molecule has 0 radical (unpaired) electrons. The Hall–Kier alpha value is -1.15. The number of carbonyl (C=O) groups is 1. The van der Waals surface area contributed by atoms with Gasteiger partial charge in [-0.1, -0.05) is 59.7 Å². The van der Waals surface area contributed by atoms with E-state index < -0.39 is 0 Å². The lowest BCUT2D eigenvalue weighted by molar-refractivity contribution is -0.120. The summed E-state index contributed by atoms with van der Waals surface area (Å²) in [4.78, 5) is 12.5. The molecule has 0 amide bonds. The Morgan fingerprint density at radius 1 is 1.05 bits per heavy atom. The fraction of sp³-hybridized carbons (Fsp3) is 0.650. The highest BCUT2D eigenvalue weighted by Gasteiger charge is 2.24. The molecule has 1 aliphatic heterocycles. The zero-order chi connectivity index (χ0) is 16.5. The van der Waals surface area contributed by atoms with Crippen LogP contribution >= 0.6 is 0 Å². The van der Waals surface area contributed by atoms with E-state index in [2.05, 4.69) is 65.1 Å². The van der Waals surface area contributed by atoms with Gasteiger partial charge in [-0.3, -0.25) is 4.79 Å². The summed E-state index contributed by atoms with van der Waals surface area (Å²) in [5.74, 6) is 0.336. The first-order valence-corrected chi connectivity index (χ1v) is 8.48. The van der Waals surface area contributed by atoms with Crippen LogP contribution < -0.4 is 5.32 Å². The van der Waals surface area contributed by atoms with Gasteiger partial charge in [-0.2, -0.15) is 0 Å². The van der Waals surface area contributed by atoms with Crippen LogP contribution in [0.4, 0.5) is 0 Å².